The minimum Gasteiger partial charge on any atom is -0.493 e. The molecule has 0 atom stereocenters. The van der Waals surface area contributed by atoms with Crippen LogP contribution in [0.5, 0.6) is 11.5 Å². The number of nitrogens with one attached hydrogen (secondary N) is 2. The van der Waals surface area contributed by atoms with E-state index in [0.717, 1.165) is 31.5 Å². The maximum Gasteiger partial charge on any atom is 0.294 e. The second-order valence-corrected chi connectivity index (χ2v) is 11.6. The zero-order chi connectivity index (χ0) is 29.5. The molecule has 41 heavy (non-hydrogen) atoms. The van der Waals surface area contributed by atoms with Gasteiger partial charge in [-0.2, -0.15) is 0 Å². The van der Waals surface area contributed by atoms with Crippen LogP contribution in [0.15, 0.2) is 71.6 Å². The number of thioether (sulfide) groups is 1. The Balaban J connectivity index is 1.38. The number of carbonyl (C=O) groups excluding carboxylic acids is 4. The van der Waals surface area contributed by atoms with Gasteiger partial charge in [-0.3, -0.25) is 24.1 Å². The molecule has 0 bridgehead atoms. The largest absolute Gasteiger partial charge is 0.493 e. The second-order valence-electron chi connectivity index (χ2n) is 9.31. The molecule has 1 fully saturated rings. The normalized spacial score (nSPS) is 14.0. The lowest BCUT2D eigenvalue weighted by molar-refractivity contribution is -0.127. The van der Waals surface area contributed by atoms with Crippen LogP contribution in [0, 0.1) is 3.57 Å². The molecular formula is C30H28IN3O6S. The molecule has 4 rings (SSSR count). The van der Waals surface area contributed by atoms with Crippen molar-refractivity contribution in [3.63, 3.8) is 0 Å². The summed E-state index contributed by atoms with van der Waals surface area (Å²) in [5.74, 6) is -0.409. The summed E-state index contributed by atoms with van der Waals surface area (Å²) in [4.78, 5) is 51.5. The van der Waals surface area contributed by atoms with Crippen molar-refractivity contribution in [2.75, 3.05) is 30.9 Å². The predicted molar refractivity (Wildman–Crippen MR) is 168 cm³/mol. The summed E-state index contributed by atoms with van der Waals surface area (Å²) < 4.78 is 12.1. The first-order chi connectivity index (χ1) is 19.6. The summed E-state index contributed by atoms with van der Waals surface area (Å²) in [6.45, 7) is 3.48. The lowest BCUT2D eigenvalue weighted by atomic mass is 10.0. The van der Waals surface area contributed by atoms with Crippen LogP contribution in [0.25, 0.3) is 6.08 Å². The Morgan fingerprint density at radius 2 is 1.71 bits per heavy atom. The molecular weight excluding hydrogens is 657 g/mol. The number of ether oxygens (including phenoxy) is 2. The van der Waals surface area contributed by atoms with Crippen LogP contribution in [-0.4, -0.2) is 48.1 Å². The number of halogens is 1. The standard InChI is InChI=1S/C30H28IN3O6S/c1-18(2)22-6-4-5-7-23(22)33-28(36)17-40-24-13-8-19(14-25(24)39-3)15-26-29(37)34(30(38)41-26)16-27(35)32-21-11-9-20(31)10-12-21/h4-15,18H,16-17H2,1-3H3,(H,32,35)(H,33,36)/b26-15-. The fourth-order valence-corrected chi connectivity index (χ4v) is 5.20. The van der Waals surface area contributed by atoms with Gasteiger partial charge in [0.15, 0.2) is 18.1 Å². The molecule has 0 radical (unpaired) electrons. The fourth-order valence-electron chi connectivity index (χ4n) is 4.00. The van der Waals surface area contributed by atoms with Crippen LogP contribution in [0.2, 0.25) is 0 Å². The lowest BCUT2D eigenvalue weighted by Gasteiger charge is -2.15. The molecule has 4 amide bonds. The summed E-state index contributed by atoms with van der Waals surface area (Å²) in [6.07, 6.45) is 1.55. The van der Waals surface area contributed by atoms with Crippen molar-refractivity contribution >= 4 is 74.8 Å². The zero-order valence-corrected chi connectivity index (χ0v) is 25.6. The SMILES string of the molecule is COc1cc(/C=C2\SC(=O)N(CC(=O)Nc3ccc(I)cc3)C2=O)ccc1OCC(=O)Nc1ccccc1C(C)C. The average molecular weight is 686 g/mol. The molecule has 3 aromatic carbocycles. The van der Waals surface area contributed by atoms with Gasteiger partial charge in [0.2, 0.25) is 5.91 Å². The number of benzene rings is 3. The van der Waals surface area contributed by atoms with Gasteiger partial charge in [-0.25, -0.2) is 0 Å². The van der Waals surface area contributed by atoms with Gasteiger partial charge in [0.05, 0.1) is 12.0 Å². The highest BCUT2D eigenvalue weighted by Gasteiger charge is 2.36. The van der Waals surface area contributed by atoms with E-state index in [4.69, 9.17) is 9.47 Å². The lowest BCUT2D eigenvalue weighted by Crippen LogP contribution is -2.36. The number of anilines is 2. The van der Waals surface area contributed by atoms with E-state index in [1.165, 1.54) is 7.11 Å². The zero-order valence-electron chi connectivity index (χ0n) is 22.6. The quantitative estimate of drug-likeness (QED) is 0.196. The van der Waals surface area contributed by atoms with Crippen molar-refractivity contribution in [2.24, 2.45) is 0 Å². The van der Waals surface area contributed by atoms with Gasteiger partial charge in [0, 0.05) is 14.9 Å². The van der Waals surface area contributed by atoms with Gasteiger partial charge < -0.3 is 20.1 Å². The van der Waals surface area contributed by atoms with E-state index in [2.05, 4.69) is 47.1 Å². The summed E-state index contributed by atoms with van der Waals surface area (Å²) in [6, 6.07) is 19.7. The number of rotatable bonds is 10. The smallest absolute Gasteiger partial charge is 0.294 e. The van der Waals surface area contributed by atoms with Gasteiger partial charge in [-0.15, -0.1) is 0 Å². The molecule has 1 aliphatic heterocycles. The van der Waals surface area contributed by atoms with E-state index in [9.17, 15) is 19.2 Å². The second kappa shape index (κ2) is 13.7. The topological polar surface area (TPSA) is 114 Å². The van der Waals surface area contributed by atoms with Crippen LogP contribution in [0.1, 0.15) is 30.9 Å². The monoisotopic (exact) mass is 685 g/mol. The Kier molecular flexibility index (Phi) is 10.1. The molecule has 0 unspecified atom stereocenters. The Morgan fingerprint density at radius 1 is 0.976 bits per heavy atom. The Morgan fingerprint density at radius 3 is 2.41 bits per heavy atom. The predicted octanol–water partition coefficient (Wildman–Crippen LogP) is 6.12. The van der Waals surface area contributed by atoms with E-state index in [-0.39, 0.29) is 23.3 Å². The number of methoxy groups -OCH3 is 1. The number of carbonyl (C=O) groups is 4. The molecule has 1 aliphatic rings. The van der Waals surface area contributed by atoms with Gasteiger partial charge in [0.1, 0.15) is 6.54 Å². The van der Waals surface area contributed by atoms with Crippen LogP contribution in [0.3, 0.4) is 0 Å². The first-order valence-electron chi connectivity index (χ1n) is 12.6. The third kappa shape index (κ3) is 7.88. The van der Waals surface area contributed by atoms with Gasteiger partial charge in [-0.1, -0.05) is 38.1 Å². The van der Waals surface area contributed by atoms with E-state index < -0.39 is 23.6 Å². The Hall–Kier alpha value is -3.84. The number of nitrogens with zero attached hydrogens (tertiary/aromatic N) is 1. The number of imide groups is 1. The van der Waals surface area contributed by atoms with Crippen molar-refractivity contribution in [3.8, 4) is 11.5 Å². The Bertz CT molecular complexity index is 1510. The van der Waals surface area contributed by atoms with E-state index in [0.29, 0.717) is 22.7 Å². The minimum atomic E-state index is -0.560. The molecule has 11 heteroatoms. The van der Waals surface area contributed by atoms with E-state index in [1.54, 1.807) is 36.4 Å². The van der Waals surface area contributed by atoms with Crippen molar-refractivity contribution in [1.29, 1.82) is 0 Å². The Labute approximate surface area is 255 Å². The molecule has 212 valence electrons. The number of para-hydroxylation sites is 1. The highest BCUT2D eigenvalue weighted by Crippen LogP contribution is 2.34. The van der Waals surface area contributed by atoms with Crippen molar-refractivity contribution in [2.45, 2.75) is 19.8 Å². The summed E-state index contributed by atoms with van der Waals surface area (Å²) in [5.41, 5.74) is 2.92. The van der Waals surface area contributed by atoms with Crippen LogP contribution >= 0.6 is 34.4 Å². The van der Waals surface area contributed by atoms with Crippen LogP contribution in [-0.2, 0) is 14.4 Å². The number of amides is 4. The average Bonchev–Trinajstić information content (AvgIpc) is 3.20. The van der Waals surface area contributed by atoms with Crippen molar-refractivity contribution < 1.29 is 28.7 Å². The number of hydrogen-bond acceptors (Lipinski definition) is 7. The van der Waals surface area contributed by atoms with Crippen molar-refractivity contribution in [1.82, 2.24) is 4.90 Å². The summed E-state index contributed by atoms with van der Waals surface area (Å²) in [7, 11) is 1.46. The molecule has 9 nitrogen and oxygen atoms in total. The molecule has 0 spiro atoms. The third-order valence-corrected chi connectivity index (χ3v) is 7.63. The molecule has 1 saturated heterocycles. The van der Waals surface area contributed by atoms with Crippen LogP contribution < -0.4 is 20.1 Å². The van der Waals surface area contributed by atoms with E-state index >= 15 is 0 Å². The third-order valence-electron chi connectivity index (χ3n) is 6.00. The summed E-state index contributed by atoms with van der Waals surface area (Å²) >= 11 is 2.91. The first-order valence-corrected chi connectivity index (χ1v) is 14.5. The highest BCUT2D eigenvalue weighted by atomic mass is 127. The van der Waals surface area contributed by atoms with Gasteiger partial charge >= 0.3 is 0 Å². The molecule has 0 saturated carbocycles. The molecule has 0 aliphatic carbocycles. The maximum absolute atomic E-state index is 12.9. The highest BCUT2D eigenvalue weighted by molar-refractivity contribution is 14.1. The van der Waals surface area contributed by atoms with Gasteiger partial charge in [-0.05, 0) is 99.9 Å². The molecule has 0 aromatic heterocycles. The molecule has 1 heterocycles. The maximum atomic E-state index is 12.9. The fraction of sp³-hybridized carbons (Fsp3) is 0.200. The van der Waals surface area contributed by atoms with E-state index in [1.807, 2.05) is 36.4 Å². The van der Waals surface area contributed by atoms with Gasteiger partial charge in [0.25, 0.3) is 17.1 Å². The number of hydrogen-bond donors (Lipinski definition) is 2. The van der Waals surface area contributed by atoms with Crippen molar-refractivity contribution in [3.05, 3.63) is 86.3 Å². The van der Waals surface area contributed by atoms with Crippen LogP contribution in [0.4, 0.5) is 16.2 Å². The summed E-state index contributed by atoms with van der Waals surface area (Å²) in [5, 5.41) is 5.04. The minimum absolute atomic E-state index is 0.177. The molecule has 2 N–H and O–H groups in total. The molecule has 3 aromatic rings. The first kappa shape index (κ1) is 30.1.